The minimum Gasteiger partial charge on any atom is -0.493 e. The monoisotopic (exact) mass is 438 g/mol. The van der Waals surface area contributed by atoms with Gasteiger partial charge in [0.05, 0.1) is 12.7 Å². The van der Waals surface area contributed by atoms with E-state index in [1.165, 1.54) is 13.2 Å². The molecule has 3 aromatic rings. The maximum absolute atomic E-state index is 13.0. The van der Waals surface area contributed by atoms with Crippen molar-refractivity contribution >= 4 is 23.6 Å². The van der Waals surface area contributed by atoms with Crippen molar-refractivity contribution in [1.82, 2.24) is 0 Å². The number of carbonyl (C=O) groups excluding carboxylic acids is 2. The summed E-state index contributed by atoms with van der Waals surface area (Å²) in [5, 5.41) is 9.65. The van der Waals surface area contributed by atoms with Crippen molar-refractivity contribution in [2.24, 2.45) is 0 Å². The van der Waals surface area contributed by atoms with E-state index in [9.17, 15) is 14.9 Å². The van der Waals surface area contributed by atoms with Crippen LogP contribution >= 0.6 is 0 Å². The van der Waals surface area contributed by atoms with Gasteiger partial charge in [-0.15, -0.1) is 0 Å². The Balaban J connectivity index is 1.56. The smallest absolute Gasteiger partial charge is 0.343 e. The molecule has 0 N–H and O–H groups in total. The standard InChI is InChI=1S/C27H22N2O4/c1-18-7-10-21(11-8-18)27(31)33-24-12-9-19(16-25(24)32-2)15-22(17-28)26(30)29-14-13-20-5-3-4-6-23(20)29/h3-12,15-16H,13-14H2,1-2H3/b22-15+. The summed E-state index contributed by atoms with van der Waals surface area (Å²) < 4.78 is 10.9. The van der Waals surface area contributed by atoms with Gasteiger partial charge in [-0.05, 0) is 60.9 Å². The number of ether oxygens (including phenoxy) is 2. The lowest BCUT2D eigenvalue weighted by Crippen LogP contribution is -2.29. The van der Waals surface area contributed by atoms with Crippen LogP contribution in [0, 0.1) is 18.3 Å². The molecule has 0 radical (unpaired) electrons. The third-order valence-electron chi connectivity index (χ3n) is 5.47. The molecule has 0 fully saturated rings. The number of esters is 1. The summed E-state index contributed by atoms with van der Waals surface area (Å²) in [6, 6.07) is 21.6. The molecule has 6 nitrogen and oxygen atoms in total. The van der Waals surface area contributed by atoms with Crippen LogP contribution in [0.4, 0.5) is 5.69 Å². The van der Waals surface area contributed by atoms with E-state index in [2.05, 4.69) is 0 Å². The third-order valence-corrected chi connectivity index (χ3v) is 5.47. The van der Waals surface area contributed by atoms with Gasteiger partial charge in [0, 0.05) is 12.2 Å². The van der Waals surface area contributed by atoms with Crippen molar-refractivity contribution in [3.63, 3.8) is 0 Å². The Bertz CT molecular complexity index is 1290. The molecular formula is C27H22N2O4. The predicted molar refractivity (Wildman–Crippen MR) is 125 cm³/mol. The zero-order valence-electron chi connectivity index (χ0n) is 18.4. The molecular weight excluding hydrogens is 416 g/mol. The van der Waals surface area contributed by atoms with Gasteiger partial charge in [0.15, 0.2) is 11.5 Å². The predicted octanol–water partition coefficient (Wildman–Crippen LogP) is 4.72. The molecule has 0 saturated heterocycles. The molecule has 0 aliphatic carbocycles. The molecule has 0 spiro atoms. The first-order valence-electron chi connectivity index (χ1n) is 10.5. The fourth-order valence-corrected chi connectivity index (χ4v) is 3.71. The van der Waals surface area contributed by atoms with E-state index in [-0.39, 0.29) is 17.2 Å². The molecule has 1 heterocycles. The maximum Gasteiger partial charge on any atom is 0.343 e. The van der Waals surface area contributed by atoms with E-state index in [1.54, 1.807) is 35.2 Å². The second-order valence-electron chi connectivity index (χ2n) is 7.67. The van der Waals surface area contributed by atoms with Gasteiger partial charge in [0.1, 0.15) is 11.6 Å². The third kappa shape index (κ3) is 4.63. The molecule has 0 saturated carbocycles. The number of para-hydroxylation sites is 1. The number of amides is 1. The van der Waals surface area contributed by atoms with E-state index < -0.39 is 5.97 Å². The van der Waals surface area contributed by atoms with Crippen LogP contribution in [0.25, 0.3) is 6.08 Å². The summed E-state index contributed by atoms with van der Waals surface area (Å²) in [5.74, 6) is -0.285. The van der Waals surface area contributed by atoms with E-state index in [1.807, 2.05) is 49.4 Å². The van der Waals surface area contributed by atoms with Crippen LogP contribution in [0.2, 0.25) is 0 Å². The Morgan fingerprint density at radius 1 is 1.03 bits per heavy atom. The van der Waals surface area contributed by atoms with E-state index >= 15 is 0 Å². The van der Waals surface area contributed by atoms with Crippen LogP contribution in [-0.4, -0.2) is 25.5 Å². The van der Waals surface area contributed by atoms with Crippen LogP contribution in [-0.2, 0) is 11.2 Å². The van der Waals surface area contributed by atoms with Crippen molar-refractivity contribution in [3.05, 3.63) is 94.6 Å². The lowest BCUT2D eigenvalue weighted by Gasteiger charge is -2.16. The van der Waals surface area contributed by atoms with Gasteiger partial charge in [-0.25, -0.2) is 4.79 Å². The van der Waals surface area contributed by atoms with Crippen LogP contribution in [0.3, 0.4) is 0 Å². The molecule has 3 aromatic carbocycles. The number of methoxy groups -OCH3 is 1. The quantitative estimate of drug-likeness (QED) is 0.249. The number of aryl methyl sites for hydroxylation is 1. The van der Waals surface area contributed by atoms with Crippen LogP contribution in [0.15, 0.2) is 72.3 Å². The highest BCUT2D eigenvalue weighted by molar-refractivity contribution is 6.12. The maximum atomic E-state index is 13.0. The van der Waals surface area contributed by atoms with Gasteiger partial charge in [-0.3, -0.25) is 4.79 Å². The first-order chi connectivity index (χ1) is 16.0. The Kier molecular flexibility index (Phi) is 6.23. The molecule has 1 aliphatic heterocycles. The molecule has 4 rings (SSSR count). The Hall–Kier alpha value is -4.37. The number of anilines is 1. The van der Waals surface area contributed by atoms with Gasteiger partial charge in [-0.2, -0.15) is 5.26 Å². The lowest BCUT2D eigenvalue weighted by atomic mass is 10.1. The van der Waals surface area contributed by atoms with Gasteiger partial charge in [-0.1, -0.05) is 42.0 Å². The van der Waals surface area contributed by atoms with Crippen molar-refractivity contribution in [2.45, 2.75) is 13.3 Å². The number of nitrogens with zero attached hydrogens (tertiary/aromatic N) is 2. The summed E-state index contributed by atoms with van der Waals surface area (Å²) in [4.78, 5) is 27.1. The second kappa shape index (κ2) is 9.41. The van der Waals surface area contributed by atoms with E-state index in [4.69, 9.17) is 9.47 Å². The first-order valence-corrected chi connectivity index (χ1v) is 10.5. The summed E-state index contributed by atoms with van der Waals surface area (Å²) in [7, 11) is 1.46. The van der Waals surface area contributed by atoms with Crippen LogP contribution < -0.4 is 14.4 Å². The lowest BCUT2D eigenvalue weighted by molar-refractivity contribution is -0.114. The molecule has 6 heteroatoms. The highest BCUT2D eigenvalue weighted by atomic mass is 16.6. The summed E-state index contributed by atoms with van der Waals surface area (Å²) >= 11 is 0. The highest BCUT2D eigenvalue weighted by Gasteiger charge is 2.26. The van der Waals surface area contributed by atoms with Gasteiger partial charge in [0.25, 0.3) is 5.91 Å². The van der Waals surface area contributed by atoms with E-state index in [0.29, 0.717) is 23.4 Å². The summed E-state index contributed by atoms with van der Waals surface area (Å²) in [6.07, 6.45) is 2.27. The molecule has 0 bridgehead atoms. The SMILES string of the molecule is COc1cc(/C=C(\C#N)C(=O)N2CCc3ccccc32)ccc1OC(=O)c1ccc(C)cc1. The Morgan fingerprint density at radius 3 is 2.52 bits per heavy atom. The number of benzene rings is 3. The number of hydrogen-bond donors (Lipinski definition) is 0. The molecule has 0 unspecified atom stereocenters. The fourth-order valence-electron chi connectivity index (χ4n) is 3.71. The average molecular weight is 438 g/mol. The zero-order chi connectivity index (χ0) is 23.4. The summed E-state index contributed by atoms with van der Waals surface area (Å²) in [5.41, 5.74) is 3.98. The van der Waals surface area contributed by atoms with Gasteiger partial charge < -0.3 is 14.4 Å². The van der Waals surface area contributed by atoms with E-state index in [0.717, 1.165) is 23.2 Å². The topological polar surface area (TPSA) is 79.6 Å². The molecule has 1 aliphatic rings. The summed E-state index contributed by atoms with van der Waals surface area (Å²) in [6.45, 7) is 2.47. The Morgan fingerprint density at radius 2 is 1.79 bits per heavy atom. The second-order valence-corrected chi connectivity index (χ2v) is 7.67. The molecule has 164 valence electrons. The molecule has 33 heavy (non-hydrogen) atoms. The van der Waals surface area contributed by atoms with Crippen LogP contribution in [0.5, 0.6) is 11.5 Å². The van der Waals surface area contributed by atoms with Crippen molar-refractivity contribution < 1.29 is 19.1 Å². The number of hydrogen-bond acceptors (Lipinski definition) is 5. The number of rotatable bonds is 5. The number of nitriles is 1. The van der Waals surface area contributed by atoms with Crippen molar-refractivity contribution in [1.29, 1.82) is 5.26 Å². The first kappa shape index (κ1) is 21.8. The van der Waals surface area contributed by atoms with Crippen molar-refractivity contribution in [2.75, 3.05) is 18.6 Å². The number of carbonyl (C=O) groups is 2. The molecule has 0 aromatic heterocycles. The fraction of sp³-hybridized carbons (Fsp3) is 0.148. The minimum atomic E-state index is -0.503. The zero-order valence-corrected chi connectivity index (χ0v) is 18.4. The Labute approximate surface area is 192 Å². The van der Waals surface area contributed by atoms with Gasteiger partial charge in [0.2, 0.25) is 0 Å². The van der Waals surface area contributed by atoms with Gasteiger partial charge >= 0.3 is 5.97 Å². The largest absolute Gasteiger partial charge is 0.493 e. The highest BCUT2D eigenvalue weighted by Crippen LogP contribution is 2.31. The van der Waals surface area contributed by atoms with Crippen LogP contribution in [0.1, 0.15) is 27.0 Å². The normalized spacial score (nSPS) is 12.6. The molecule has 1 amide bonds. The van der Waals surface area contributed by atoms with Crippen molar-refractivity contribution in [3.8, 4) is 17.6 Å². The molecule has 0 atom stereocenters. The average Bonchev–Trinajstić information content (AvgIpc) is 3.27. The minimum absolute atomic E-state index is 0.0122. The number of fused-ring (bicyclic) bond motifs is 1.